The van der Waals surface area contributed by atoms with Crippen LogP contribution in [0.15, 0.2) is 75.8 Å². The summed E-state index contributed by atoms with van der Waals surface area (Å²) in [6, 6.07) is 8.56. The van der Waals surface area contributed by atoms with Gasteiger partial charge in [0.05, 0.1) is 35.9 Å². The van der Waals surface area contributed by atoms with Gasteiger partial charge in [-0.3, -0.25) is 19.6 Å². The van der Waals surface area contributed by atoms with Gasteiger partial charge in [0.25, 0.3) is 0 Å². The summed E-state index contributed by atoms with van der Waals surface area (Å²) in [4.78, 5) is 50.0. The molecule has 2 saturated carbocycles. The van der Waals surface area contributed by atoms with E-state index in [-0.39, 0.29) is 63.9 Å². The van der Waals surface area contributed by atoms with Crippen LogP contribution in [-0.4, -0.2) is 84.1 Å². The van der Waals surface area contributed by atoms with Gasteiger partial charge in [-0.15, -0.1) is 0 Å². The summed E-state index contributed by atoms with van der Waals surface area (Å²) < 4.78 is 66.5. The Kier molecular flexibility index (Phi) is 22.9. The van der Waals surface area contributed by atoms with Crippen LogP contribution in [-0.2, 0) is 20.7 Å². The number of carbonyl (C=O) groups excluding carboxylic acids is 2. The molecule has 0 spiro atoms. The minimum absolute atomic E-state index is 0. The fraction of sp³-hybridized carbons (Fsp3) is 0.458. The molecule has 79 heavy (non-hydrogen) atoms. The monoisotopic (exact) mass is 1290 g/mol. The van der Waals surface area contributed by atoms with E-state index < -0.39 is 62.2 Å². The van der Waals surface area contributed by atoms with E-state index in [0.29, 0.717) is 34.3 Å². The van der Waals surface area contributed by atoms with Gasteiger partial charge in [0.2, 0.25) is 11.8 Å². The van der Waals surface area contributed by atoms with Gasteiger partial charge in [-0.25, -0.2) is 37.5 Å². The first-order valence-electron chi connectivity index (χ1n) is 26.2. The number of halogens is 5. The molecule has 0 radical (unpaired) electrons. The van der Waals surface area contributed by atoms with Crippen LogP contribution in [0.5, 0.6) is 0 Å². The van der Waals surface area contributed by atoms with E-state index in [2.05, 4.69) is 106 Å². The van der Waals surface area contributed by atoms with Crippen LogP contribution in [0, 0.1) is 45.2 Å². The number of aromatic nitrogens is 4. The zero-order valence-corrected chi connectivity index (χ0v) is 51.8. The number of nitrogens with two attached hydrogens (primary N) is 2. The molecular weight excluding hydrogens is 1220 g/mol. The van der Waals surface area contributed by atoms with Crippen molar-refractivity contribution < 1.29 is 27.2 Å². The summed E-state index contributed by atoms with van der Waals surface area (Å²) in [6.45, 7) is 14.2. The number of amides is 2. The number of carbonyl (C=O) groups is 2. The molecular formula is C59H73BrF4N10O2S2Sn. The van der Waals surface area contributed by atoms with Gasteiger partial charge in [0.1, 0.15) is 42.8 Å². The quantitative estimate of drug-likeness (QED) is 0.0450. The number of nitrogens with zero attached hydrogens (tertiary/aromatic N) is 6. The van der Waals surface area contributed by atoms with Gasteiger partial charge in [-0.05, 0) is 103 Å². The van der Waals surface area contributed by atoms with Gasteiger partial charge < -0.3 is 22.1 Å². The Labute approximate surface area is 485 Å². The zero-order chi connectivity index (χ0) is 57.1. The average Bonchev–Trinajstić information content (AvgIpc) is 3.12. The predicted molar refractivity (Wildman–Crippen MR) is 323 cm³/mol. The van der Waals surface area contributed by atoms with E-state index in [1.54, 1.807) is 47.0 Å². The summed E-state index contributed by atoms with van der Waals surface area (Å²) >= 11 is 3.56. The molecule has 0 saturated heterocycles. The molecule has 2 fully saturated rings. The fourth-order valence-electron chi connectivity index (χ4n) is 10.5. The van der Waals surface area contributed by atoms with Crippen molar-refractivity contribution in [3.8, 4) is 21.7 Å². The van der Waals surface area contributed by atoms with Gasteiger partial charge in [0, 0.05) is 37.1 Å². The zero-order valence-electron chi connectivity index (χ0n) is 45.7. The first kappa shape index (κ1) is 64.6. The van der Waals surface area contributed by atoms with Crippen molar-refractivity contribution in [3.05, 3.63) is 117 Å². The third kappa shape index (κ3) is 14.8. The topological polar surface area (TPSA) is 187 Å². The number of hydrogen-bond donors (Lipinski definition) is 4. The number of benzene rings is 2. The van der Waals surface area contributed by atoms with E-state index in [9.17, 15) is 27.2 Å². The number of nitrogens with one attached hydrogen (secondary N) is 2. The van der Waals surface area contributed by atoms with Crippen molar-refractivity contribution >= 4 is 104 Å². The molecule has 0 bridgehead atoms. The Balaban J connectivity index is 0.000000229. The minimum atomic E-state index is -2.02. The van der Waals surface area contributed by atoms with Crippen LogP contribution in [0.3, 0.4) is 0 Å². The molecule has 2 aromatic carbocycles. The molecule has 2 aliphatic heterocycles. The molecule has 20 heteroatoms. The second kappa shape index (κ2) is 28.0. The molecule has 6 atom stereocenters. The fourth-order valence-corrected chi connectivity index (χ4v) is 27.1. The number of rotatable bonds is 17. The van der Waals surface area contributed by atoms with Crippen molar-refractivity contribution in [2.24, 2.45) is 33.3 Å². The number of fused-ring (bicyclic) bond motifs is 2. The maximum Gasteiger partial charge on any atom is 0.236 e. The summed E-state index contributed by atoms with van der Waals surface area (Å²) in [6.07, 6.45) is 17.3. The number of thioether (sulfide) groups is 2. The maximum absolute atomic E-state index is 14.9. The van der Waals surface area contributed by atoms with Gasteiger partial charge in [-0.2, -0.15) is 0 Å². The summed E-state index contributed by atoms with van der Waals surface area (Å²) in [5.74, 6) is 5.75. The van der Waals surface area contributed by atoms with Crippen molar-refractivity contribution in [3.63, 3.8) is 0 Å². The first-order chi connectivity index (χ1) is 37.2. The van der Waals surface area contributed by atoms with E-state index in [4.69, 9.17) is 11.5 Å². The van der Waals surface area contributed by atoms with Crippen molar-refractivity contribution in [2.75, 3.05) is 14.1 Å². The van der Waals surface area contributed by atoms with Crippen molar-refractivity contribution in [1.82, 2.24) is 30.6 Å². The van der Waals surface area contributed by atoms with Gasteiger partial charge in [0.15, 0.2) is 22.0 Å². The molecule has 8 rings (SSSR count). The number of amidine groups is 2. The predicted octanol–water partition coefficient (Wildman–Crippen LogP) is 12.9. The Morgan fingerprint density at radius 2 is 1.14 bits per heavy atom. The second-order valence-electron chi connectivity index (χ2n) is 20.2. The number of unbranched alkanes of at least 4 members (excludes halogenated alkanes) is 3. The Morgan fingerprint density at radius 3 is 1.49 bits per heavy atom. The molecule has 4 aromatic rings. The standard InChI is InChI=1S/C23H21F2N5OS.C20H18BrF2N5OS.3C4H9.C3H3.CH4.Sn/c1-4-5-14-11-29-18(12-28-14)17(25)9-13-6-7-16(24)15(8-13)22(2)19-10-23(19,20(31)27-3)32-21(26)30-22;1-19(15-7-20(15,17(29)25-2)30-18(24)28-19)11-5-10(3-4-12(11)22)6-13(23)14-8-27-16(21)9-26-14;3*1-3-4-2;1-3-2;;/h6-9,11-12,19H,10H2,1-3H3,(H2,26,30)(H,27,31);3-6,8-9,15H,7H2,1-2H3,(H2,24,28)(H,25,29);3*1,3-4H2,2H3;1H3;1H4;/b17-9-;13-6-;;;;;;/t19-,22+,23-;15-,19+,20-;;;;;;/m00....../s1. The van der Waals surface area contributed by atoms with E-state index in [1.165, 1.54) is 137 Å². The van der Waals surface area contributed by atoms with Crippen LogP contribution in [0.25, 0.3) is 23.8 Å². The van der Waals surface area contributed by atoms with Crippen LogP contribution in [0.1, 0.15) is 147 Å². The van der Waals surface area contributed by atoms with Crippen LogP contribution >= 0.6 is 39.5 Å². The second-order valence-corrected chi connectivity index (χ2v) is 36.0. The Bertz CT molecular complexity index is 3090. The van der Waals surface area contributed by atoms with Crippen LogP contribution in [0.2, 0.25) is 13.3 Å². The smallest absolute Gasteiger partial charge is 0.236 e. The summed E-state index contributed by atoms with van der Waals surface area (Å²) in [5.41, 5.74) is 11.9. The molecule has 2 aromatic heterocycles. The van der Waals surface area contributed by atoms with Crippen LogP contribution < -0.4 is 22.1 Å². The third-order valence-electron chi connectivity index (χ3n) is 14.7. The normalized spacial score (nSPS) is 23.5. The number of hydrogen-bond acceptors (Lipinski definition) is 12. The Hall–Kier alpha value is -5.22. The molecule has 422 valence electrons. The van der Waals surface area contributed by atoms with Crippen molar-refractivity contribution in [2.45, 2.75) is 141 Å². The van der Waals surface area contributed by atoms with E-state index >= 15 is 0 Å². The first-order valence-corrected chi connectivity index (χ1v) is 36.1. The minimum Gasteiger partial charge on any atom is -0.378 e. The van der Waals surface area contributed by atoms with E-state index in [1.807, 2.05) is 0 Å². The van der Waals surface area contributed by atoms with Gasteiger partial charge >= 0.3 is 108 Å². The maximum atomic E-state index is 14.9. The number of aliphatic imine (C=N–C) groups is 2. The SMILES string of the molecule is C.CC#Cc1cnc(/C(F)=C/c2ccc(F)c([C@@]3(C)N=C(N)S[C@@]4(C(=O)NC)C[C@H]43)c2)cn1.CC#[C][Sn]([CH2]CCC)([CH2]CCC)[CH2]CCC.CNC(=O)[C@]12C[C@H]1[C@@](C)(c1cc(/C=C(\F)c3cnc(Br)cn3)ccc1F)N=C(N)S2. The molecule has 12 nitrogen and oxygen atoms in total. The van der Waals surface area contributed by atoms with Crippen LogP contribution in [0.4, 0.5) is 17.6 Å². The molecule has 4 aliphatic rings. The molecule has 0 unspecified atom stereocenters. The molecule has 2 aliphatic carbocycles. The molecule has 2 amide bonds. The van der Waals surface area contributed by atoms with Gasteiger partial charge in [-0.1, -0.05) is 49.0 Å². The average molecular weight is 1290 g/mol. The largest absolute Gasteiger partial charge is 0.378 e. The third-order valence-corrected chi connectivity index (χ3v) is 31.2. The van der Waals surface area contributed by atoms with Crippen molar-refractivity contribution in [1.29, 1.82) is 0 Å². The molecule has 6 N–H and O–H groups in total. The summed E-state index contributed by atoms with van der Waals surface area (Å²) in [5, 5.41) is 5.78. The van der Waals surface area contributed by atoms with E-state index in [0.717, 1.165) is 0 Å². The molecule has 4 heterocycles. The Morgan fingerprint density at radius 1 is 0.709 bits per heavy atom. The summed E-state index contributed by atoms with van der Waals surface area (Å²) in [7, 11) is 3.12.